The van der Waals surface area contributed by atoms with Gasteiger partial charge in [0.15, 0.2) is 0 Å². The van der Waals surface area contributed by atoms with Crippen molar-refractivity contribution in [2.45, 2.75) is 69.6 Å². The Hall–Kier alpha value is -3.43. The average molecular weight is 496 g/mol. The molecular formula is C26H33N5O5. The number of nitrogen functional groups attached to an aromatic ring is 1. The maximum atomic E-state index is 13.1. The van der Waals surface area contributed by atoms with Gasteiger partial charge in [0.2, 0.25) is 11.8 Å². The van der Waals surface area contributed by atoms with E-state index in [9.17, 15) is 19.5 Å². The van der Waals surface area contributed by atoms with E-state index in [1.165, 1.54) is 6.42 Å². The van der Waals surface area contributed by atoms with Crippen LogP contribution in [0, 0.1) is 29.1 Å². The van der Waals surface area contributed by atoms with E-state index in [0.29, 0.717) is 29.5 Å². The molecule has 0 spiro atoms. The number of amidine groups is 1. The second-order valence-electron chi connectivity index (χ2n) is 10.8. The molecule has 0 radical (unpaired) electrons. The first-order valence-corrected chi connectivity index (χ1v) is 12.7. The highest BCUT2D eigenvalue weighted by Crippen LogP contribution is 2.53. The molecule has 10 nitrogen and oxygen atoms in total. The van der Waals surface area contributed by atoms with Crippen LogP contribution in [0.1, 0.15) is 62.5 Å². The number of hydrogen-bond donors (Lipinski definition) is 5. The van der Waals surface area contributed by atoms with Gasteiger partial charge < -0.3 is 26.3 Å². The Kier molecular flexibility index (Phi) is 6.68. The molecule has 36 heavy (non-hydrogen) atoms. The zero-order valence-corrected chi connectivity index (χ0v) is 20.1. The van der Waals surface area contributed by atoms with E-state index < -0.39 is 36.4 Å². The van der Waals surface area contributed by atoms with Crippen LogP contribution < -0.4 is 16.4 Å². The SMILES string of the molecule is N=C(N)c1ccc(C2=NOC(CC(=O)NC(CC(=O)O)C(=O)NC3C4CC5CC(C4)CC3C5)C2)cc1. The van der Waals surface area contributed by atoms with Gasteiger partial charge in [-0.25, -0.2) is 0 Å². The van der Waals surface area contributed by atoms with Gasteiger partial charge in [0.05, 0.1) is 18.6 Å². The zero-order valence-electron chi connectivity index (χ0n) is 20.1. The van der Waals surface area contributed by atoms with Crippen molar-refractivity contribution in [2.75, 3.05) is 0 Å². The van der Waals surface area contributed by atoms with Gasteiger partial charge in [-0.05, 0) is 61.3 Å². The zero-order chi connectivity index (χ0) is 25.4. The summed E-state index contributed by atoms with van der Waals surface area (Å²) in [6, 6.07) is 5.96. The largest absolute Gasteiger partial charge is 0.481 e. The Bertz CT molecular complexity index is 1060. The molecule has 1 heterocycles. The molecule has 0 saturated heterocycles. The van der Waals surface area contributed by atoms with Gasteiger partial charge in [-0.2, -0.15) is 0 Å². The minimum absolute atomic E-state index is 0.0241. The maximum Gasteiger partial charge on any atom is 0.305 e. The second-order valence-corrected chi connectivity index (χ2v) is 10.8. The summed E-state index contributed by atoms with van der Waals surface area (Å²) in [5.41, 5.74) is 7.57. The smallest absolute Gasteiger partial charge is 0.305 e. The number of carboxylic acid groups (broad SMARTS) is 1. The topological polar surface area (TPSA) is 167 Å². The fraction of sp³-hybridized carbons (Fsp3) is 0.577. The van der Waals surface area contributed by atoms with Gasteiger partial charge in [-0.3, -0.25) is 19.8 Å². The van der Waals surface area contributed by atoms with E-state index in [-0.39, 0.29) is 18.3 Å². The Morgan fingerprint density at radius 1 is 1.08 bits per heavy atom. The van der Waals surface area contributed by atoms with Gasteiger partial charge >= 0.3 is 5.97 Å². The van der Waals surface area contributed by atoms with Crippen LogP contribution in [0.2, 0.25) is 0 Å². The van der Waals surface area contributed by atoms with E-state index >= 15 is 0 Å². The van der Waals surface area contributed by atoms with E-state index in [2.05, 4.69) is 15.8 Å². The molecule has 2 amide bonds. The Labute approximate surface area is 209 Å². The Morgan fingerprint density at radius 2 is 1.72 bits per heavy atom. The van der Waals surface area contributed by atoms with E-state index in [1.807, 2.05) is 0 Å². The highest BCUT2D eigenvalue weighted by molar-refractivity contribution is 6.03. The van der Waals surface area contributed by atoms with Crippen LogP contribution >= 0.6 is 0 Å². The van der Waals surface area contributed by atoms with E-state index in [4.69, 9.17) is 16.0 Å². The molecule has 5 aliphatic rings. The summed E-state index contributed by atoms with van der Waals surface area (Å²) in [5.74, 6) is 0.410. The number of carbonyl (C=O) groups excluding carboxylic acids is 2. The van der Waals surface area contributed by atoms with Gasteiger partial charge in [-0.1, -0.05) is 29.4 Å². The second kappa shape index (κ2) is 9.91. The Balaban J connectivity index is 1.15. The fourth-order valence-corrected chi connectivity index (χ4v) is 6.82. The van der Waals surface area contributed by atoms with E-state index in [0.717, 1.165) is 43.1 Å². The molecule has 4 fully saturated rings. The quantitative estimate of drug-likeness (QED) is 0.258. The predicted molar refractivity (Wildman–Crippen MR) is 131 cm³/mol. The van der Waals surface area contributed by atoms with Crippen molar-refractivity contribution in [1.82, 2.24) is 10.6 Å². The lowest BCUT2D eigenvalue weighted by Gasteiger charge is -2.54. The van der Waals surface area contributed by atoms with Gasteiger partial charge in [0, 0.05) is 18.0 Å². The van der Waals surface area contributed by atoms with E-state index in [1.54, 1.807) is 24.3 Å². The molecule has 2 atom stereocenters. The monoisotopic (exact) mass is 495 g/mol. The number of oxime groups is 1. The molecule has 10 heteroatoms. The van der Waals surface area contributed by atoms with Gasteiger partial charge in [0.1, 0.15) is 18.0 Å². The molecule has 4 bridgehead atoms. The first kappa shape index (κ1) is 24.3. The number of nitrogens with two attached hydrogens (primary N) is 1. The molecule has 6 rings (SSSR count). The molecule has 192 valence electrons. The lowest BCUT2D eigenvalue weighted by molar-refractivity contribution is -0.141. The number of rotatable bonds is 9. The minimum Gasteiger partial charge on any atom is -0.481 e. The maximum absolute atomic E-state index is 13.1. The molecule has 6 N–H and O–H groups in total. The van der Waals surface area contributed by atoms with Crippen LogP contribution in [0.25, 0.3) is 0 Å². The van der Waals surface area contributed by atoms with Crippen LogP contribution in [0.15, 0.2) is 29.4 Å². The minimum atomic E-state index is -1.14. The third-order valence-corrected chi connectivity index (χ3v) is 8.24. The third kappa shape index (κ3) is 5.22. The summed E-state index contributed by atoms with van der Waals surface area (Å²) < 4.78 is 0. The molecule has 1 aliphatic heterocycles. The van der Waals surface area contributed by atoms with Crippen molar-refractivity contribution in [2.24, 2.45) is 34.6 Å². The molecule has 2 unspecified atom stereocenters. The normalized spacial score (nSPS) is 30.7. The number of benzene rings is 1. The number of carbonyl (C=O) groups is 3. The van der Waals surface area contributed by atoms with Crippen LogP contribution in [0.4, 0.5) is 0 Å². The first-order chi connectivity index (χ1) is 17.2. The lowest BCUT2D eigenvalue weighted by Crippen LogP contribution is -2.59. The van der Waals surface area contributed by atoms with Gasteiger partial charge in [-0.15, -0.1) is 0 Å². The number of nitrogens with one attached hydrogen (secondary N) is 3. The summed E-state index contributed by atoms with van der Waals surface area (Å²) in [5, 5.41) is 26.6. The van der Waals surface area contributed by atoms with Crippen molar-refractivity contribution in [3.63, 3.8) is 0 Å². The number of aliphatic carboxylic acids is 1. The molecule has 0 aromatic heterocycles. The number of amides is 2. The molecule has 4 aliphatic carbocycles. The molecule has 1 aromatic carbocycles. The Morgan fingerprint density at radius 3 is 2.31 bits per heavy atom. The van der Waals surface area contributed by atoms with Crippen LogP contribution in [-0.4, -0.2) is 52.6 Å². The van der Waals surface area contributed by atoms with Crippen LogP contribution in [0.5, 0.6) is 0 Å². The fourth-order valence-electron chi connectivity index (χ4n) is 6.82. The molecular weight excluding hydrogens is 462 g/mol. The standard InChI is InChI=1S/C26H33N5O5/c27-25(28)16-3-1-15(2-4-16)20-10-19(36-31-20)11-22(32)29-21(12-23(33)34)26(35)30-24-17-6-13-5-14(8-17)9-18(24)7-13/h1-4,13-14,17-19,21,24H,5-12H2,(H3,27,28)(H,29,32)(H,30,35)(H,33,34). The highest BCUT2D eigenvalue weighted by atomic mass is 16.6. The number of nitrogens with zero attached hydrogens (tertiary/aromatic N) is 1. The summed E-state index contributed by atoms with van der Waals surface area (Å²) in [6.45, 7) is 0. The summed E-state index contributed by atoms with van der Waals surface area (Å²) in [7, 11) is 0. The van der Waals surface area contributed by atoms with Crippen LogP contribution in [0.3, 0.4) is 0 Å². The molecule has 4 saturated carbocycles. The van der Waals surface area contributed by atoms with Crippen molar-refractivity contribution in [3.05, 3.63) is 35.4 Å². The average Bonchev–Trinajstić information content (AvgIpc) is 3.28. The van der Waals surface area contributed by atoms with Crippen molar-refractivity contribution in [1.29, 1.82) is 5.41 Å². The van der Waals surface area contributed by atoms with Crippen molar-refractivity contribution in [3.8, 4) is 0 Å². The summed E-state index contributed by atoms with van der Waals surface area (Å²) in [6.07, 6.45) is 5.21. The van der Waals surface area contributed by atoms with Crippen molar-refractivity contribution >= 4 is 29.3 Å². The summed E-state index contributed by atoms with van der Waals surface area (Å²) >= 11 is 0. The number of hydrogen-bond acceptors (Lipinski definition) is 6. The van der Waals surface area contributed by atoms with Crippen molar-refractivity contribution < 1.29 is 24.3 Å². The predicted octanol–water partition coefficient (Wildman–Crippen LogP) is 1.75. The highest BCUT2D eigenvalue weighted by Gasteiger charge is 2.49. The lowest BCUT2D eigenvalue weighted by atomic mass is 9.54. The third-order valence-electron chi connectivity index (χ3n) is 8.24. The first-order valence-electron chi connectivity index (χ1n) is 12.7. The summed E-state index contributed by atoms with van der Waals surface area (Å²) in [4.78, 5) is 42.7. The molecule has 1 aromatic rings. The van der Waals surface area contributed by atoms with Gasteiger partial charge in [0.25, 0.3) is 0 Å². The van der Waals surface area contributed by atoms with Crippen LogP contribution in [-0.2, 0) is 19.2 Å². The number of carboxylic acids is 1.